The predicted molar refractivity (Wildman–Crippen MR) is 183 cm³/mol. The average molecular weight is 661 g/mol. The fraction of sp³-hybridized carbons (Fsp3) is 0.200. The molecule has 5 atom stereocenters. The van der Waals surface area contributed by atoms with Gasteiger partial charge in [-0.1, -0.05) is 127 Å². The molecule has 5 aromatic carbocycles. The van der Waals surface area contributed by atoms with Gasteiger partial charge in [0.2, 0.25) is 0 Å². The molecule has 0 bridgehead atoms. The lowest BCUT2D eigenvalue weighted by atomic mass is 9.98. The highest BCUT2D eigenvalue weighted by Gasteiger charge is 2.50. The fourth-order valence-electron chi connectivity index (χ4n) is 5.36. The van der Waals surface area contributed by atoms with Gasteiger partial charge in [0, 0.05) is 4.90 Å². The summed E-state index contributed by atoms with van der Waals surface area (Å²) in [6.07, 6.45) is -3.34. The van der Waals surface area contributed by atoms with E-state index in [1.807, 2.05) is 103 Å². The molecule has 1 aliphatic heterocycles. The van der Waals surface area contributed by atoms with E-state index in [1.54, 1.807) is 48.5 Å². The number of carbonyl (C=O) groups is 2. The number of hydrogen-bond acceptors (Lipinski definition) is 8. The standard InChI is InChI=1S/C40H36O7S/c41-38(31-20-10-3-11-21-31)45-28-34-35(47-39(42)32-22-12-4-13-23-32)36(43-26-29-16-6-1-7-17-29)37(44-27-30-18-8-2-9-19-30)40(46-34)48-33-24-14-5-15-25-33/h1-25,34-37,40H,26-28H2/t34-,35+,36+,37-,40+/m1/s1. The maximum absolute atomic E-state index is 13.6. The summed E-state index contributed by atoms with van der Waals surface area (Å²) >= 11 is 1.48. The monoisotopic (exact) mass is 660 g/mol. The molecule has 8 heteroatoms. The summed E-state index contributed by atoms with van der Waals surface area (Å²) in [5, 5.41) is 0. The predicted octanol–water partition coefficient (Wildman–Crippen LogP) is 7.76. The lowest BCUT2D eigenvalue weighted by Crippen LogP contribution is -2.61. The van der Waals surface area contributed by atoms with Crippen molar-refractivity contribution in [2.75, 3.05) is 6.61 Å². The van der Waals surface area contributed by atoms with E-state index in [0.29, 0.717) is 11.1 Å². The van der Waals surface area contributed by atoms with Crippen LogP contribution in [0.5, 0.6) is 0 Å². The first-order valence-corrected chi connectivity index (χ1v) is 16.7. The highest BCUT2D eigenvalue weighted by Crippen LogP contribution is 2.38. The zero-order chi connectivity index (χ0) is 33.0. The van der Waals surface area contributed by atoms with Gasteiger partial charge in [-0.15, -0.1) is 0 Å². The zero-order valence-corrected chi connectivity index (χ0v) is 27.0. The molecule has 0 radical (unpaired) electrons. The van der Waals surface area contributed by atoms with E-state index in [4.69, 9.17) is 23.7 Å². The molecule has 1 aliphatic rings. The second-order valence-electron chi connectivity index (χ2n) is 11.2. The summed E-state index contributed by atoms with van der Waals surface area (Å²) < 4.78 is 32.1. The summed E-state index contributed by atoms with van der Waals surface area (Å²) in [6, 6.07) is 47.0. The average Bonchev–Trinajstić information content (AvgIpc) is 3.15. The van der Waals surface area contributed by atoms with Crippen molar-refractivity contribution in [2.45, 2.75) is 48.0 Å². The first kappa shape index (κ1) is 33.2. The van der Waals surface area contributed by atoms with Crippen LogP contribution in [0.1, 0.15) is 31.8 Å². The third kappa shape index (κ3) is 8.99. The molecule has 0 saturated carbocycles. The van der Waals surface area contributed by atoms with Crippen LogP contribution in [0.3, 0.4) is 0 Å². The van der Waals surface area contributed by atoms with E-state index in [2.05, 4.69) is 0 Å². The Balaban J connectivity index is 1.35. The van der Waals surface area contributed by atoms with Crippen molar-refractivity contribution >= 4 is 23.7 Å². The van der Waals surface area contributed by atoms with Crippen LogP contribution in [0.15, 0.2) is 157 Å². The normalized spacial score (nSPS) is 20.5. The Morgan fingerprint density at radius 3 is 1.54 bits per heavy atom. The molecule has 0 unspecified atom stereocenters. The molecule has 0 N–H and O–H groups in total. The molecule has 0 amide bonds. The number of benzene rings is 5. The van der Waals surface area contributed by atoms with Gasteiger partial charge in [0.1, 0.15) is 30.4 Å². The van der Waals surface area contributed by atoms with Crippen molar-refractivity contribution < 1.29 is 33.3 Å². The Hall–Kier alpha value is -4.73. The summed E-state index contributed by atoms with van der Waals surface area (Å²) in [6.45, 7) is 0.331. The summed E-state index contributed by atoms with van der Waals surface area (Å²) in [7, 11) is 0. The molecule has 0 aromatic heterocycles. The Labute approximate surface area is 284 Å². The highest BCUT2D eigenvalue weighted by atomic mass is 32.2. The van der Waals surface area contributed by atoms with Crippen molar-refractivity contribution in [3.05, 3.63) is 174 Å². The highest BCUT2D eigenvalue weighted by molar-refractivity contribution is 7.99. The Morgan fingerprint density at radius 2 is 1.00 bits per heavy atom. The molecule has 1 saturated heterocycles. The molecule has 244 valence electrons. The smallest absolute Gasteiger partial charge is 0.338 e. The molecule has 0 aliphatic carbocycles. The molecule has 1 heterocycles. The Morgan fingerprint density at radius 1 is 0.542 bits per heavy atom. The van der Waals surface area contributed by atoms with Crippen molar-refractivity contribution in [1.82, 2.24) is 0 Å². The number of carbonyl (C=O) groups excluding carboxylic acids is 2. The van der Waals surface area contributed by atoms with Gasteiger partial charge in [0.15, 0.2) is 6.10 Å². The van der Waals surface area contributed by atoms with Crippen LogP contribution >= 0.6 is 11.8 Å². The maximum Gasteiger partial charge on any atom is 0.338 e. The first-order chi connectivity index (χ1) is 23.6. The van der Waals surface area contributed by atoms with Crippen molar-refractivity contribution in [2.24, 2.45) is 0 Å². The SMILES string of the molecule is O=C(OC[C@H]1O[C@@H](Sc2ccccc2)[C@H](OCc2ccccc2)[C@@H](OCc2ccccc2)[C@H]1OC(=O)c1ccccc1)c1ccccc1. The van der Waals surface area contributed by atoms with Gasteiger partial charge in [-0.25, -0.2) is 9.59 Å². The van der Waals surface area contributed by atoms with Crippen molar-refractivity contribution in [3.63, 3.8) is 0 Å². The molecule has 5 aromatic rings. The van der Waals surface area contributed by atoms with Crippen LogP contribution < -0.4 is 0 Å². The van der Waals surface area contributed by atoms with Gasteiger partial charge in [-0.05, 0) is 47.5 Å². The van der Waals surface area contributed by atoms with Crippen LogP contribution in [-0.2, 0) is 36.9 Å². The number of ether oxygens (including phenoxy) is 5. The Kier molecular flexibility index (Phi) is 11.7. The molecule has 48 heavy (non-hydrogen) atoms. The fourth-order valence-corrected chi connectivity index (χ4v) is 6.51. The van der Waals surface area contributed by atoms with Crippen LogP contribution in [0.2, 0.25) is 0 Å². The van der Waals surface area contributed by atoms with E-state index < -0.39 is 41.8 Å². The second-order valence-corrected chi connectivity index (χ2v) is 12.4. The molecular weight excluding hydrogens is 625 g/mol. The minimum atomic E-state index is -0.988. The van der Waals surface area contributed by atoms with Crippen LogP contribution in [0, 0.1) is 0 Å². The van der Waals surface area contributed by atoms with Crippen LogP contribution in [0.25, 0.3) is 0 Å². The van der Waals surface area contributed by atoms with Gasteiger partial charge in [0.25, 0.3) is 0 Å². The minimum Gasteiger partial charge on any atom is -0.459 e. The number of thioether (sulfide) groups is 1. The van der Waals surface area contributed by atoms with E-state index >= 15 is 0 Å². The number of esters is 2. The van der Waals surface area contributed by atoms with Crippen molar-refractivity contribution in [1.29, 1.82) is 0 Å². The van der Waals surface area contributed by atoms with E-state index in [0.717, 1.165) is 16.0 Å². The maximum atomic E-state index is 13.6. The topological polar surface area (TPSA) is 80.3 Å². The van der Waals surface area contributed by atoms with Gasteiger partial charge in [-0.2, -0.15) is 0 Å². The van der Waals surface area contributed by atoms with Crippen molar-refractivity contribution in [3.8, 4) is 0 Å². The third-order valence-corrected chi connectivity index (χ3v) is 8.95. The molecular formula is C40H36O7S. The van der Waals surface area contributed by atoms with E-state index in [1.165, 1.54) is 11.8 Å². The van der Waals surface area contributed by atoms with E-state index in [9.17, 15) is 9.59 Å². The van der Waals surface area contributed by atoms with Gasteiger partial charge >= 0.3 is 11.9 Å². The van der Waals surface area contributed by atoms with Gasteiger partial charge in [0.05, 0.1) is 24.3 Å². The number of hydrogen-bond donors (Lipinski definition) is 0. The molecule has 0 spiro atoms. The summed E-state index contributed by atoms with van der Waals surface area (Å²) in [5.74, 6) is -1.06. The van der Waals surface area contributed by atoms with Gasteiger partial charge in [-0.3, -0.25) is 0 Å². The molecule has 7 nitrogen and oxygen atoms in total. The summed E-state index contributed by atoms with van der Waals surface area (Å²) in [4.78, 5) is 27.6. The lowest BCUT2D eigenvalue weighted by molar-refractivity contribution is -0.237. The zero-order valence-electron chi connectivity index (χ0n) is 26.2. The Bertz CT molecular complexity index is 1710. The van der Waals surface area contributed by atoms with Gasteiger partial charge < -0.3 is 23.7 Å². The largest absolute Gasteiger partial charge is 0.459 e. The molecule has 6 rings (SSSR count). The number of rotatable bonds is 13. The summed E-state index contributed by atoms with van der Waals surface area (Å²) in [5.41, 5.74) is 2.09. The van der Waals surface area contributed by atoms with Crippen LogP contribution in [0.4, 0.5) is 0 Å². The lowest BCUT2D eigenvalue weighted by Gasteiger charge is -2.45. The second kappa shape index (κ2) is 16.9. The minimum absolute atomic E-state index is 0.178. The molecule has 1 fully saturated rings. The first-order valence-electron chi connectivity index (χ1n) is 15.8. The van der Waals surface area contributed by atoms with E-state index in [-0.39, 0.29) is 19.8 Å². The van der Waals surface area contributed by atoms with Crippen LogP contribution in [-0.4, -0.2) is 48.4 Å². The quantitative estimate of drug-likeness (QED) is 0.119. The third-order valence-electron chi connectivity index (χ3n) is 7.80.